The molecule has 0 unspecified atom stereocenters. The molecule has 0 saturated carbocycles. The molecule has 0 aliphatic rings. The van der Waals surface area contributed by atoms with E-state index in [9.17, 15) is 18.0 Å². The Bertz CT molecular complexity index is 1370. The molecule has 0 saturated heterocycles. The Balaban J connectivity index is 1.53. The fraction of sp³-hybridized carbons (Fsp3) is 0.0909. The molecular weight excluding hydrogens is 449 g/mol. The number of anilines is 2. The van der Waals surface area contributed by atoms with Crippen LogP contribution in [-0.4, -0.2) is 35.9 Å². The van der Waals surface area contributed by atoms with E-state index < -0.39 is 17.6 Å². The Morgan fingerprint density at radius 1 is 1.09 bits per heavy atom. The van der Waals surface area contributed by atoms with Gasteiger partial charge in [0.25, 0.3) is 5.91 Å². The molecule has 34 heavy (non-hydrogen) atoms. The van der Waals surface area contributed by atoms with Gasteiger partial charge < -0.3 is 11.1 Å². The van der Waals surface area contributed by atoms with Crippen LogP contribution in [0.25, 0.3) is 0 Å². The highest BCUT2D eigenvalue weighted by atomic mass is 19.4. The van der Waals surface area contributed by atoms with Gasteiger partial charge in [0.05, 0.1) is 36.3 Å². The lowest BCUT2D eigenvalue weighted by molar-refractivity contribution is -0.138. The molecule has 0 radical (unpaired) electrons. The summed E-state index contributed by atoms with van der Waals surface area (Å²) < 4.78 is 42.1. The predicted octanol–water partition coefficient (Wildman–Crippen LogP) is 2.76. The number of alkyl halides is 3. The van der Waals surface area contributed by atoms with Crippen LogP contribution in [0.4, 0.5) is 24.7 Å². The number of benzene rings is 1. The lowest BCUT2D eigenvalue weighted by Crippen LogP contribution is -2.16. The van der Waals surface area contributed by atoms with E-state index in [1.807, 2.05) is 0 Å². The fourth-order valence-corrected chi connectivity index (χ4v) is 2.92. The number of nitrogen functional groups attached to an aromatic ring is 1. The number of hydrogen-bond donors (Lipinski definition) is 2. The molecule has 3 aromatic heterocycles. The van der Waals surface area contributed by atoms with Crippen molar-refractivity contribution in [3.05, 3.63) is 89.4 Å². The Morgan fingerprint density at radius 3 is 2.65 bits per heavy atom. The van der Waals surface area contributed by atoms with Crippen LogP contribution in [0.1, 0.15) is 32.7 Å². The van der Waals surface area contributed by atoms with Crippen LogP contribution in [0, 0.1) is 11.8 Å². The first-order valence-corrected chi connectivity index (χ1v) is 9.68. The summed E-state index contributed by atoms with van der Waals surface area (Å²) >= 11 is 0. The normalized spacial score (nSPS) is 10.9. The maximum absolute atomic E-state index is 13.6. The van der Waals surface area contributed by atoms with Gasteiger partial charge in [0.2, 0.25) is 0 Å². The van der Waals surface area contributed by atoms with E-state index in [-0.39, 0.29) is 29.2 Å². The minimum absolute atomic E-state index is 0.0132. The second kappa shape index (κ2) is 9.37. The van der Waals surface area contributed by atoms with Crippen molar-refractivity contribution in [2.45, 2.75) is 12.7 Å². The first-order valence-electron chi connectivity index (χ1n) is 9.68. The molecule has 0 spiro atoms. The number of rotatable bonds is 4. The molecule has 1 amide bonds. The predicted molar refractivity (Wildman–Crippen MR) is 115 cm³/mol. The third kappa shape index (κ3) is 5.52. The smallest absolute Gasteiger partial charge is 0.382 e. The maximum atomic E-state index is 13.6. The summed E-state index contributed by atoms with van der Waals surface area (Å²) in [4.78, 5) is 24.5. The standard InChI is InChI=1S/C22H15F3N8O/c23-22(24,25)19-8-17(4-2-15(19)13-33-6-5-30-32-33)31-21(34)16-7-14(9-27-10-16)1-3-18-11-29-20(26)12-28-18/h2,4-12H,13H2,(H2,26,29)(H,31,34). The van der Waals surface area contributed by atoms with Crippen molar-refractivity contribution in [1.82, 2.24) is 29.9 Å². The third-order valence-electron chi connectivity index (χ3n) is 4.48. The summed E-state index contributed by atoms with van der Waals surface area (Å²) in [7, 11) is 0. The summed E-state index contributed by atoms with van der Waals surface area (Å²) in [5, 5.41) is 9.75. The molecule has 0 fully saturated rings. The number of hydrogen-bond acceptors (Lipinski definition) is 7. The molecule has 0 aliphatic heterocycles. The van der Waals surface area contributed by atoms with E-state index in [1.165, 1.54) is 60.1 Å². The number of aromatic nitrogens is 6. The van der Waals surface area contributed by atoms with Crippen molar-refractivity contribution < 1.29 is 18.0 Å². The van der Waals surface area contributed by atoms with Crippen LogP contribution in [0.2, 0.25) is 0 Å². The summed E-state index contributed by atoms with van der Waals surface area (Å²) in [6, 6.07) is 5.01. The Morgan fingerprint density at radius 2 is 1.94 bits per heavy atom. The molecule has 170 valence electrons. The average Bonchev–Trinajstić information content (AvgIpc) is 3.32. The first kappa shape index (κ1) is 22.4. The molecule has 4 rings (SSSR count). The molecule has 0 atom stereocenters. The summed E-state index contributed by atoms with van der Waals surface area (Å²) in [6.45, 7) is -0.119. The van der Waals surface area contributed by atoms with E-state index in [0.29, 0.717) is 11.3 Å². The topological polar surface area (TPSA) is 125 Å². The molecule has 4 aromatic rings. The Hall–Kier alpha value is -4.79. The first-order chi connectivity index (χ1) is 16.3. The van der Waals surface area contributed by atoms with Gasteiger partial charge in [0.1, 0.15) is 11.5 Å². The SMILES string of the molecule is Nc1cnc(C#Cc2cncc(C(=O)Nc3ccc(Cn4ccnn4)c(C(F)(F)F)c3)c2)cn1. The third-order valence-corrected chi connectivity index (χ3v) is 4.48. The summed E-state index contributed by atoms with van der Waals surface area (Å²) in [5.74, 6) is 5.18. The number of nitrogens with one attached hydrogen (secondary N) is 1. The molecule has 12 heteroatoms. The molecular formula is C22H15F3N8O. The fourth-order valence-electron chi connectivity index (χ4n) is 2.92. The molecule has 9 nitrogen and oxygen atoms in total. The van der Waals surface area contributed by atoms with Crippen LogP contribution in [0.5, 0.6) is 0 Å². The zero-order chi connectivity index (χ0) is 24.1. The lowest BCUT2D eigenvalue weighted by Gasteiger charge is -2.15. The van der Waals surface area contributed by atoms with Gasteiger partial charge in [-0.3, -0.25) is 9.78 Å². The van der Waals surface area contributed by atoms with Crippen LogP contribution in [0.15, 0.2) is 61.4 Å². The van der Waals surface area contributed by atoms with Crippen molar-refractivity contribution >= 4 is 17.4 Å². The quantitative estimate of drug-likeness (QED) is 0.445. The van der Waals surface area contributed by atoms with Gasteiger partial charge in [-0.25, -0.2) is 14.6 Å². The van der Waals surface area contributed by atoms with Crippen LogP contribution in [0.3, 0.4) is 0 Å². The van der Waals surface area contributed by atoms with E-state index >= 15 is 0 Å². The number of carbonyl (C=O) groups excluding carboxylic acids is 1. The van der Waals surface area contributed by atoms with Crippen molar-refractivity contribution in [2.75, 3.05) is 11.1 Å². The van der Waals surface area contributed by atoms with Crippen molar-refractivity contribution in [1.29, 1.82) is 0 Å². The molecule has 3 heterocycles. The maximum Gasteiger partial charge on any atom is 0.416 e. The second-order valence-electron chi connectivity index (χ2n) is 6.96. The van der Waals surface area contributed by atoms with Gasteiger partial charge in [-0.1, -0.05) is 17.2 Å². The minimum atomic E-state index is -4.63. The lowest BCUT2D eigenvalue weighted by atomic mass is 10.1. The Labute approximate surface area is 190 Å². The van der Waals surface area contributed by atoms with Gasteiger partial charge in [-0.2, -0.15) is 13.2 Å². The Kier molecular flexibility index (Phi) is 6.18. The van der Waals surface area contributed by atoms with E-state index in [2.05, 4.69) is 42.4 Å². The van der Waals surface area contributed by atoms with Crippen molar-refractivity contribution in [2.24, 2.45) is 0 Å². The highest BCUT2D eigenvalue weighted by Crippen LogP contribution is 2.34. The van der Waals surface area contributed by atoms with E-state index in [1.54, 1.807) is 0 Å². The van der Waals surface area contributed by atoms with Gasteiger partial charge in [0, 0.05) is 29.8 Å². The van der Waals surface area contributed by atoms with Crippen molar-refractivity contribution in [3.63, 3.8) is 0 Å². The van der Waals surface area contributed by atoms with Gasteiger partial charge >= 0.3 is 6.18 Å². The monoisotopic (exact) mass is 464 g/mol. The number of halogens is 3. The van der Waals surface area contributed by atoms with E-state index in [0.717, 1.165) is 6.07 Å². The van der Waals surface area contributed by atoms with Crippen LogP contribution in [-0.2, 0) is 12.7 Å². The molecule has 1 aromatic carbocycles. The number of carbonyl (C=O) groups is 1. The number of nitrogens with two attached hydrogens (primary N) is 1. The van der Waals surface area contributed by atoms with Crippen LogP contribution >= 0.6 is 0 Å². The van der Waals surface area contributed by atoms with Gasteiger partial charge in [-0.15, -0.1) is 5.10 Å². The number of pyridine rings is 1. The van der Waals surface area contributed by atoms with Crippen LogP contribution < -0.4 is 11.1 Å². The van der Waals surface area contributed by atoms with Gasteiger partial charge in [-0.05, 0) is 29.7 Å². The van der Waals surface area contributed by atoms with Crippen molar-refractivity contribution in [3.8, 4) is 11.8 Å². The summed E-state index contributed by atoms with van der Waals surface area (Å²) in [5.41, 5.74) is 5.46. The molecule has 0 bridgehead atoms. The zero-order valence-electron chi connectivity index (χ0n) is 17.3. The minimum Gasteiger partial charge on any atom is -0.382 e. The van der Waals surface area contributed by atoms with E-state index in [4.69, 9.17) is 5.73 Å². The molecule has 3 N–H and O–H groups in total. The number of amides is 1. The number of nitrogens with zero attached hydrogens (tertiary/aromatic N) is 6. The highest BCUT2D eigenvalue weighted by molar-refractivity contribution is 6.04. The van der Waals surface area contributed by atoms with Gasteiger partial charge in [0.15, 0.2) is 0 Å². The molecule has 0 aliphatic carbocycles. The summed E-state index contributed by atoms with van der Waals surface area (Å²) in [6.07, 6.45) is 3.69. The average molecular weight is 464 g/mol. The second-order valence-corrected chi connectivity index (χ2v) is 6.96. The highest BCUT2D eigenvalue weighted by Gasteiger charge is 2.33. The zero-order valence-corrected chi connectivity index (χ0v) is 17.3. The largest absolute Gasteiger partial charge is 0.416 e.